The van der Waals surface area contributed by atoms with Gasteiger partial charge in [0.25, 0.3) is 0 Å². The average Bonchev–Trinajstić information content (AvgIpc) is 2.61. The van der Waals surface area contributed by atoms with Crippen LogP contribution in [-0.4, -0.2) is 43.4 Å². The number of carbonyl (C=O) groups is 1. The molecule has 1 rings (SSSR count). The lowest BCUT2D eigenvalue weighted by Crippen LogP contribution is -2.37. The van der Waals surface area contributed by atoms with Crippen molar-refractivity contribution in [3.8, 4) is 6.07 Å². The van der Waals surface area contributed by atoms with Crippen LogP contribution in [0.3, 0.4) is 0 Å². The van der Waals surface area contributed by atoms with E-state index in [-0.39, 0.29) is 6.09 Å². The van der Waals surface area contributed by atoms with Gasteiger partial charge in [0, 0.05) is 20.2 Å². The lowest BCUT2D eigenvalue weighted by atomic mass is 9.90. The molecule has 1 aliphatic rings. The van der Waals surface area contributed by atoms with Crippen molar-refractivity contribution in [2.24, 2.45) is 5.41 Å². The topological polar surface area (TPSA) is 62.6 Å². The monoisotopic (exact) mass is 240 g/mol. The number of hydrogen-bond acceptors (Lipinski definition) is 4. The predicted molar refractivity (Wildman–Crippen MR) is 62.3 cm³/mol. The first-order valence-electron chi connectivity index (χ1n) is 5.70. The number of amides is 1. The Kier molecular flexibility index (Phi) is 3.99. The van der Waals surface area contributed by atoms with Crippen molar-refractivity contribution in [2.75, 3.05) is 26.8 Å². The highest BCUT2D eigenvalue weighted by Gasteiger charge is 2.41. The van der Waals surface area contributed by atoms with Gasteiger partial charge in [-0.2, -0.15) is 5.26 Å². The normalized spacial score (nSPS) is 24.5. The fraction of sp³-hybridized carbons (Fsp3) is 0.833. The van der Waals surface area contributed by atoms with Crippen LogP contribution in [0.5, 0.6) is 0 Å². The average molecular weight is 240 g/mol. The van der Waals surface area contributed by atoms with Gasteiger partial charge in [-0.3, -0.25) is 0 Å². The highest BCUT2D eigenvalue weighted by Crippen LogP contribution is 2.30. The maximum atomic E-state index is 11.8. The van der Waals surface area contributed by atoms with E-state index >= 15 is 0 Å². The molecule has 0 N–H and O–H groups in total. The highest BCUT2D eigenvalue weighted by atomic mass is 16.6. The summed E-state index contributed by atoms with van der Waals surface area (Å²) in [7, 11) is 1.56. The molecule has 1 atom stereocenters. The lowest BCUT2D eigenvalue weighted by molar-refractivity contribution is 0.0264. The second-order valence-electron chi connectivity index (χ2n) is 5.48. The third-order valence-corrected chi connectivity index (χ3v) is 2.66. The van der Waals surface area contributed by atoms with Crippen LogP contribution >= 0.6 is 0 Å². The van der Waals surface area contributed by atoms with Crippen LogP contribution in [0.15, 0.2) is 0 Å². The zero-order valence-electron chi connectivity index (χ0n) is 10.9. The van der Waals surface area contributed by atoms with Crippen LogP contribution in [0.1, 0.15) is 27.2 Å². The molecular weight excluding hydrogens is 220 g/mol. The van der Waals surface area contributed by atoms with E-state index in [1.807, 2.05) is 20.8 Å². The molecule has 1 aliphatic heterocycles. The number of nitrogens with zero attached hydrogens (tertiary/aromatic N) is 2. The molecule has 0 aliphatic carbocycles. The quantitative estimate of drug-likeness (QED) is 0.738. The van der Waals surface area contributed by atoms with Gasteiger partial charge in [0.2, 0.25) is 0 Å². The van der Waals surface area contributed by atoms with E-state index in [0.717, 1.165) is 0 Å². The summed E-state index contributed by atoms with van der Waals surface area (Å²) in [6.07, 6.45) is 0.280. The highest BCUT2D eigenvalue weighted by molar-refractivity contribution is 5.68. The van der Waals surface area contributed by atoms with E-state index in [1.54, 1.807) is 12.0 Å². The largest absolute Gasteiger partial charge is 0.444 e. The summed E-state index contributed by atoms with van der Waals surface area (Å²) in [4.78, 5) is 13.4. The summed E-state index contributed by atoms with van der Waals surface area (Å²) in [6, 6.07) is 2.25. The lowest BCUT2D eigenvalue weighted by Gasteiger charge is -2.25. The molecule has 5 heteroatoms. The molecule has 1 unspecified atom stereocenters. The molecular formula is C12H20N2O3. The van der Waals surface area contributed by atoms with Crippen LogP contribution in [0.25, 0.3) is 0 Å². The predicted octanol–water partition coefficient (Wildman–Crippen LogP) is 1.78. The molecule has 0 aromatic carbocycles. The van der Waals surface area contributed by atoms with Gasteiger partial charge in [0.15, 0.2) is 0 Å². The van der Waals surface area contributed by atoms with Gasteiger partial charge in [-0.25, -0.2) is 4.79 Å². The summed E-state index contributed by atoms with van der Waals surface area (Å²) < 4.78 is 10.3. The number of methoxy groups -OCH3 is 1. The Bertz CT molecular complexity index is 330. The molecule has 1 fully saturated rings. The molecule has 0 spiro atoms. The Morgan fingerprint density at radius 3 is 2.65 bits per heavy atom. The zero-order chi connectivity index (χ0) is 13.1. The molecule has 1 saturated heterocycles. The first-order valence-corrected chi connectivity index (χ1v) is 5.70. The standard InChI is InChI=1S/C12H20N2O3/c1-11(2,3)17-10(15)14-6-5-12(7-13,8-14)9-16-4/h5-6,8-9H2,1-4H3. The molecule has 1 heterocycles. The SMILES string of the molecule is COCC1(C#N)CCN(C(=O)OC(C)(C)C)C1. The van der Waals surface area contributed by atoms with Crippen molar-refractivity contribution in [1.82, 2.24) is 4.90 Å². The minimum atomic E-state index is -0.578. The molecule has 0 bridgehead atoms. The minimum Gasteiger partial charge on any atom is -0.444 e. The number of hydrogen-bond donors (Lipinski definition) is 0. The number of likely N-dealkylation sites (tertiary alicyclic amines) is 1. The summed E-state index contributed by atoms with van der Waals surface area (Å²) in [6.45, 7) is 6.76. The fourth-order valence-electron chi connectivity index (χ4n) is 1.87. The first-order chi connectivity index (χ1) is 7.82. The minimum absolute atomic E-state index is 0.350. The smallest absolute Gasteiger partial charge is 0.410 e. The van der Waals surface area contributed by atoms with Gasteiger partial charge in [0.05, 0.1) is 18.1 Å². The Balaban J connectivity index is 2.61. The Labute approximate surface area is 102 Å². The Hall–Kier alpha value is -1.28. The van der Waals surface area contributed by atoms with E-state index < -0.39 is 11.0 Å². The number of ether oxygens (including phenoxy) is 2. The maximum Gasteiger partial charge on any atom is 0.410 e. The summed E-state index contributed by atoms with van der Waals surface area (Å²) in [5, 5.41) is 9.17. The Morgan fingerprint density at radius 1 is 1.53 bits per heavy atom. The van der Waals surface area contributed by atoms with Crippen LogP contribution in [-0.2, 0) is 9.47 Å². The van der Waals surface area contributed by atoms with Gasteiger partial charge in [-0.1, -0.05) is 0 Å². The van der Waals surface area contributed by atoms with E-state index in [0.29, 0.717) is 26.1 Å². The van der Waals surface area contributed by atoms with Gasteiger partial charge >= 0.3 is 6.09 Å². The van der Waals surface area contributed by atoms with Crippen LogP contribution in [0, 0.1) is 16.7 Å². The van der Waals surface area contributed by atoms with Crippen molar-refractivity contribution in [1.29, 1.82) is 5.26 Å². The van der Waals surface area contributed by atoms with Gasteiger partial charge in [-0.05, 0) is 27.2 Å². The second kappa shape index (κ2) is 4.92. The van der Waals surface area contributed by atoms with Crippen molar-refractivity contribution < 1.29 is 14.3 Å². The van der Waals surface area contributed by atoms with Crippen LogP contribution in [0.4, 0.5) is 4.79 Å². The van der Waals surface area contributed by atoms with Gasteiger partial charge in [0.1, 0.15) is 5.60 Å². The van der Waals surface area contributed by atoms with E-state index in [4.69, 9.17) is 9.47 Å². The second-order valence-corrected chi connectivity index (χ2v) is 5.48. The molecule has 0 aromatic rings. The fourth-order valence-corrected chi connectivity index (χ4v) is 1.87. The van der Waals surface area contributed by atoms with Crippen molar-refractivity contribution in [3.05, 3.63) is 0 Å². The number of nitriles is 1. The van der Waals surface area contributed by atoms with Crippen molar-refractivity contribution >= 4 is 6.09 Å². The van der Waals surface area contributed by atoms with Gasteiger partial charge < -0.3 is 14.4 Å². The summed E-state index contributed by atoms with van der Waals surface area (Å²) in [5.74, 6) is 0. The third kappa shape index (κ3) is 3.60. The van der Waals surface area contributed by atoms with E-state index in [1.165, 1.54) is 0 Å². The van der Waals surface area contributed by atoms with Crippen molar-refractivity contribution in [3.63, 3.8) is 0 Å². The third-order valence-electron chi connectivity index (χ3n) is 2.66. The summed E-state index contributed by atoms with van der Waals surface area (Å²) >= 11 is 0. The summed E-state index contributed by atoms with van der Waals surface area (Å²) in [5.41, 5.74) is -1.08. The zero-order valence-corrected chi connectivity index (χ0v) is 10.9. The number of rotatable bonds is 2. The number of carbonyl (C=O) groups excluding carboxylic acids is 1. The molecule has 5 nitrogen and oxygen atoms in total. The molecule has 0 radical (unpaired) electrons. The molecule has 96 valence electrons. The molecule has 0 aromatic heterocycles. The van der Waals surface area contributed by atoms with E-state index in [9.17, 15) is 10.1 Å². The maximum absolute atomic E-state index is 11.8. The molecule has 1 amide bonds. The molecule has 17 heavy (non-hydrogen) atoms. The van der Waals surface area contributed by atoms with Crippen LogP contribution in [0.2, 0.25) is 0 Å². The van der Waals surface area contributed by atoms with Gasteiger partial charge in [-0.15, -0.1) is 0 Å². The van der Waals surface area contributed by atoms with E-state index in [2.05, 4.69) is 6.07 Å². The van der Waals surface area contributed by atoms with Crippen molar-refractivity contribution in [2.45, 2.75) is 32.8 Å². The van der Waals surface area contributed by atoms with Crippen LogP contribution < -0.4 is 0 Å². The molecule has 0 saturated carbocycles. The Morgan fingerprint density at radius 2 is 2.18 bits per heavy atom. The first kappa shape index (κ1) is 13.8.